The second-order valence-electron chi connectivity index (χ2n) is 36.5. The Hall–Kier alpha value is -19.1. The lowest BCUT2D eigenvalue weighted by molar-refractivity contribution is 0.269. The Labute approximate surface area is 816 Å². The van der Waals surface area contributed by atoms with Crippen LogP contribution in [-0.4, -0.2) is 64.7 Å². The summed E-state index contributed by atoms with van der Waals surface area (Å²) in [7, 11) is 0. The summed E-state index contributed by atoms with van der Waals surface area (Å²) in [6.45, 7) is 0. The second-order valence-corrected chi connectivity index (χ2v) is 36.5. The average Bonchev–Trinajstić information content (AvgIpc) is 1.60. The predicted octanol–water partition coefficient (Wildman–Crippen LogP) is 31.6. The molecule has 0 saturated carbocycles. The molecule has 142 heavy (non-hydrogen) atoms. The van der Waals surface area contributed by atoms with Crippen LogP contribution in [0.4, 0.5) is 0 Å². The van der Waals surface area contributed by atoms with Crippen LogP contribution in [0.25, 0.3) is 262 Å². The first-order chi connectivity index (χ1) is 70.4. The molecule has 0 amide bonds. The fourth-order valence-corrected chi connectivity index (χ4v) is 21.6. The molecule has 662 valence electrons. The standard InChI is InChI=1S/C129H80N12O/c1-4-26-79(27-5-1)80-50-53-85(54-51-80)122-131-123(86-56-66-94(67-57-86)139-110-46-20-16-41-105(110)117-99-37-11-10-30-82(99)63-73-113(117)139)134-128(133-122)104-40-15-13-36-98(104)91-62-72-100-92(77-91)65-75-114-118(100)106-42-17-21-47-111(106)140(114)95-68-60-88(61-69-95)125-132-126(138-127(135-125)103-39-14-12-35-97(103)81-28-6-2-7-29-81)93-34-24-33-89(76-93)90-55-52-83-64-74-115-119(109(83)78-90)107-43-18-22-48-112(107)141(115)96-70-58-87(59-71-96)124-130-121(84-31-8-3-9-32-84)136-129(137-124)108-45-25-44-102-101-38-19-23-49-116(101)142-120(102)108/h1-78,101,116H. The third kappa shape index (κ3) is 13.8. The van der Waals surface area contributed by atoms with Gasteiger partial charge in [0.2, 0.25) is 0 Å². The minimum absolute atomic E-state index is 0.0811. The van der Waals surface area contributed by atoms with Crippen molar-refractivity contribution in [3.05, 3.63) is 479 Å². The molecule has 0 radical (unpaired) electrons. The zero-order chi connectivity index (χ0) is 93.4. The average molecular weight is 1810 g/mol. The summed E-state index contributed by atoms with van der Waals surface area (Å²) in [5.41, 5.74) is 27.2. The SMILES string of the molecule is C1=CC2Oc3c(-c4nc(-c5ccccc5)nc(-c5ccc(-n6c7ccccc7c7c8cc(-c9cccc(-c%10nc(-c%11ccc(-n%12c%13ccccc%13c%13c%14ccc(-c%15ccccc%15-c%15nc(-c%16ccc(-c%17ccccc%17)cc%16)nc(-c%16ccc(-n%17c%18ccccc%18c%18c%19ccccc%19ccc%18%17)cc%16)n%15)cc%14ccc%13%12)cc%11)nc(-c%11ccccc%11-c%11ccccc%11)n%10)c9)ccc8ccc76)cc5)n4)cccc3C2C=C1. The molecule has 6 aromatic heterocycles. The van der Waals surface area contributed by atoms with Gasteiger partial charge in [0.25, 0.3) is 0 Å². The van der Waals surface area contributed by atoms with Crippen molar-refractivity contribution in [3.63, 3.8) is 0 Å². The van der Waals surface area contributed by atoms with Crippen molar-refractivity contribution in [1.82, 2.24) is 58.6 Å². The summed E-state index contributed by atoms with van der Waals surface area (Å²) in [5.74, 6) is 6.07. The largest absolute Gasteiger partial charge is 0.484 e. The van der Waals surface area contributed by atoms with E-state index in [9.17, 15) is 0 Å². The Morgan fingerprint density at radius 3 is 1.05 bits per heavy atom. The van der Waals surface area contributed by atoms with E-state index in [0.29, 0.717) is 52.4 Å². The van der Waals surface area contributed by atoms with Crippen molar-refractivity contribution in [3.8, 4) is 170 Å². The molecular formula is C129H80N12O. The van der Waals surface area contributed by atoms with Gasteiger partial charge in [-0.05, 0) is 216 Å². The molecule has 2 aliphatic rings. The molecule has 13 nitrogen and oxygen atoms in total. The maximum absolute atomic E-state index is 6.67. The Morgan fingerprint density at radius 2 is 0.514 bits per heavy atom. The normalized spacial score (nSPS) is 13.4. The van der Waals surface area contributed by atoms with Crippen LogP contribution >= 0.6 is 0 Å². The first-order valence-electron chi connectivity index (χ1n) is 48.0. The van der Waals surface area contributed by atoms with Crippen LogP contribution in [0.15, 0.2) is 473 Å². The van der Waals surface area contributed by atoms with E-state index < -0.39 is 0 Å². The van der Waals surface area contributed by atoms with Crippen LogP contribution in [0.2, 0.25) is 0 Å². The molecule has 0 bridgehead atoms. The number of hydrogen-bond donors (Lipinski definition) is 0. The zero-order valence-corrected chi connectivity index (χ0v) is 76.5. The fraction of sp³-hybridized carbons (Fsp3) is 0.0155. The highest BCUT2D eigenvalue weighted by molar-refractivity contribution is 6.24. The van der Waals surface area contributed by atoms with E-state index >= 15 is 0 Å². The Bertz CT molecular complexity index is 9690. The van der Waals surface area contributed by atoms with E-state index in [4.69, 9.17) is 49.6 Å². The maximum Gasteiger partial charge on any atom is 0.167 e. The molecule has 1 aliphatic carbocycles. The lowest BCUT2D eigenvalue weighted by Gasteiger charge is -2.14. The van der Waals surface area contributed by atoms with Gasteiger partial charge in [-0.15, -0.1) is 0 Å². The highest BCUT2D eigenvalue weighted by Crippen LogP contribution is 2.49. The number of ether oxygens (including phenoxy) is 1. The number of para-hydroxylation sites is 4. The van der Waals surface area contributed by atoms with Gasteiger partial charge in [0.15, 0.2) is 52.4 Å². The van der Waals surface area contributed by atoms with Gasteiger partial charge in [-0.25, -0.2) is 44.9 Å². The molecular weight excluding hydrogens is 1730 g/mol. The Balaban J connectivity index is 0.508. The van der Waals surface area contributed by atoms with Gasteiger partial charge >= 0.3 is 0 Å². The van der Waals surface area contributed by atoms with E-state index in [1.165, 1.54) is 21.5 Å². The van der Waals surface area contributed by atoms with E-state index in [1.54, 1.807) is 0 Å². The van der Waals surface area contributed by atoms with Crippen LogP contribution in [0.1, 0.15) is 11.5 Å². The van der Waals surface area contributed by atoms with Gasteiger partial charge in [0.1, 0.15) is 11.9 Å². The van der Waals surface area contributed by atoms with Gasteiger partial charge in [-0.1, -0.05) is 334 Å². The lowest BCUT2D eigenvalue weighted by Crippen LogP contribution is -2.15. The molecule has 2 atom stereocenters. The van der Waals surface area contributed by atoms with Gasteiger partial charge in [-0.3, -0.25) is 0 Å². The number of benzene rings is 20. The lowest BCUT2D eigenvalue weighted by atomic mass is 9.91. The van der Waals surface area contributed by atoms with Gasteiger partial charge in [-0.2, -0.15) is 0 Å². The molecule has 0 spiro atoms. The smallest absolute Gasteiger partial charge is 0.167 e. The number of aromatic nitrogens is 12. The number of nitrogens with zero attached hydrogens (tertiary/aromatic N) is 12. The molecule has 20 aromatic carbocycles. The molecule has 26 aromatic rings. The number of hydrogen-bond acceptors (Lipinski definition) is 10. The Morgan fingerprint density at radius 1 is 0.183 bits per heavy atom. The van der Waals surface area contributed by atoms with Crippen LogP contribution < -0.4 is 4.74 Å². The van der Waals surface area contributed by atoms with Crippen LogP contribution in [0.3, 0.4) is 0 Å². The van der Waals surface area contributed by atoms with E-state index in [-0.39, 0.29) is 12.0 Å². The molecule has 0 N–H and O–H groups in total. The van der Waals surface area contributed by atoms with E-state index in [1.807, 2.05) is 42.5 Å². The third-order valence-corrected chi connectivity index (χ3v) is 28.4. The van der Waals surface area contributed by atoms with Gasteiger partial charge in [0.05, 0.1) is 38.7 Å². The molecule has 28 rings (SSSR count). The van der Waals surface area contributed by atoms with Crippen LogP contribution in [0, 0.1) is 0 Å². The monoisotopic (exact) mass is 1810 g/mol. The van der Waals surface area contributed by atoms with Crippen molar-refractivity contribution in [2.24, 2.45) is 0 Å². The number of allylic oxidation sites excluding steroid dienone is 2. The molecule has 1 aliphatic heterocycles. The molecule has 0 saturated heterocycles. The van der Waals surface area contributed by atoms with Crippen molar-refractivity contribution in [2.45, 2.75) is 12.0 Å². The highest BCUT2D eigenvalue weighted by atomic mass is 16.5. The minimum atomic E-state index is -0.0811. The third-order valence-electron chi connectivity index (χ3n) is 28.4. The van der Waals surface area contributed by atoms with Crippen molar-refractivity contribution >= 4 is 97.7 Å². The van der Waals surface area contributed by atoms with Gasteiger partial charge < -0.3 is 18.4 Å². The van der Waals surface area contributed by atoms with Crippen molar-refractivity contribution in [1.29, 1.82) is 0 Å². The summed E-state index contributed by atoms with van der Waals surface area (Å²) in [6.07, 6.45) is 8.39. The summed E-state index contributed by atoms with van der Waals surface area (Å²) >= 11 is 0. The summed E-state index contributed by atoms with van der Waals surface area (Å²) in [6, 6.07) is 159. The topological polar surface area (TPSA) is 140 Å². The fourth-order valence-electron chi connectivity index (χ4n) is 21.6. The van der Waals surface area contributed by atoms with Crippen molar-refractivity contribution < 1.29 is 4.74 Å². The molecule has 2 unspecified atom stereocenters. The van der Waals surface area contributed by atoms with Crippen LogP contribution in [0.5, 0.6) is 5.75 Å². The summed E-state index contributed by atoms with van der Waals surface area (Å²) in [5, 5.41) is 14.1. The number of rotatable bonds is 16. The maximum atomic E-state index is 6.67. The van der Waals surface area contributed by atoms with Crippen LogP contribution in [-0.2, 0) is 0 Å². The van der Waals surface area contributed by atoms with E-state index in [2.05, 4.69) is 444 Å². The zero-order valence-electron chi connectivity index (χ0n) is 76.5. The summed E-state index contributed by atoms with van der Waals surface area (Å²) < 4.78 is 13.8. The highest BCUT2D eigenvalue weighted by Gasteiger charge is 2.35. The van der Waals surface area contributed by atoms with E-state index in [0.717, 1.165) is 199 Å². The first kappa shape index (κ1) is 81.3. The molecule has 0 fully saturated rings. The van der Waals surface area contributed by atoms with Crippen molar-refractivity contribution in [2.75, 3.05) is 0 Å². The first-order valence-corrected chi connectivity index (χ1v) is 48.0. The summed E-state index contributed by atoms with van der Waals surface area (Å²) in [4.78, 5) is 48.0. The molecule has 7 heterocycles. The second kappa shape index (κ2) is 33.4. The predicted molar refractivity (Wildman–Crippen MR) is 578 cm³/mol. The minimum Gasteiger partial charge on any atom is -0.484 e. The number of fused-ring (bicyclic) bond motifs is 18. The quantitative estimate of drug-likeness (QED) is 0.0918. The Kier molecular flexibility index (Phi) is 19.1. The molecule has 13 heteroatoms. The van der Waals surface area contributed by atoms with Gasteiger partial charge in [0, 0.05) is 105 Å².